The van der Waals surface area contributed by atoms with Gasteiger partial charge in [0, 0.05) is 6.07 Å². The van der Waals surface area contributed by atoms with Crippen molar-refractivity contribution in [2.24, 2.45) is 0 Å². The molecule has 0 N–H and O–H groups in total. The summed E-state index contributed by atoms with van der Waals surface area (Å²) in [6.07, 6.45) is 0. The molecular weight excluding hydrogens is 480 g/mol. The number of methoxy groups -OCH3 is 2. The van der Waals surface area contributed by atoms with Gasteiger partial charge in [-0.25, -0.2) is 13.2 Å². The molecule has 2 amide bonds. The van der Waals surface area contributed by atoms with E-state index in [1.54, 1.807) is 18.2 Å². The largest absolute Gasteiger partial charge is 0.493 e. The van der Waals surface area contributed by atoms with Crippen LogP contribution in [0.5, 0.6) is 11.5 Å². The number of nitrogens with zero attached hydrogens (tertiary/aromatic N) is 4. The van der Waals surface area contributed by atoms with Gasteiger partial charge in [0.25, 0.3) is 10.0 Å². The van der Waals surface area contributed by atoms with Gasteiger partial charge in [-0.2, -0.15) is 9.29 Å². The minimum Gasteiger partial charge on any atom is -0.493 e. The maximum atomic E-state index is 13.6. The Balaban J connectivity index is 1.58. The van der Waals surface area contributed by atoms with E-state index in [9.17, 15) is 13.2 Å². The van der Waals surface area contributed by atoms with Crippen molar-refractivity contribution in [2.75, 3.05) is 23.4 Å². The number of para-hydroxylation sites is 1. The molecule has 0 saturated carbocycles. The van der Waals surface area contributed by atoms with Crippen LogP contribution in [-0.4, -0.2) is 38.8 Å². The van der Waals surface area contributed by atoms with Gasteiger partial charge in [-0.05, 0) is 35.7 Å². The molecule has 0 radical (unpaired) electrons. The number of benzene rings is 2. The molecule has 0 bridgehead atoms. The van der Waals surface area contributed by atoms with Crippen molar-refractivity contribution in [2.45, 2.75) is 11.4 Å². The number of hydrogen-bond donors (Lipinski definition) is 0. The summed E-state index contributed by atoms with van der Waals surface area (Å²) in [6, 6.07) is 13.6. The Morgan fingerprint density at radius 1 is 1.03 bits per heavy atom. The average Bonchev–Trinajstić information content (AvgIpc) is 3.54. The number of fused-ring (bicyclic) bond motifs is 1. The lowest BCUT2D eigenvalue weighted by atomic mass is 10.2. The quantitative estimate of drug-likeness (QED) is 0.389. The molecule has 0 atom stereocenters. The molecule has 4 aromatic rings. The maximum absolute atomic E-state index is 13.6. The molecule has 2 aromatic carbocycles. The summed E-state index contributed by atoms with van der Waals surface area (Å²) in [6.45, 7) is -0.118. The van der Waals surface area contributed by atoms with Crippen LogP contribution in [0, 0.1) is 0 Å². The molecule has 2 aromatic heterocycles. The van der Waals surface area contributed by atoms with Gasteiger partial charge in [0.2, 0.25) is 11.7 Å². The number of carbonyl (C=O) groups is 1. The summed E-state index contributed by atoms with van der Waals surface area (Å²) in [5.41, 5.74) is 0.326. The van der Waals surface area contributed by atoms with Crippen molar-refractivity contribution in [3.05, 3.63) is 65.9 Å². The van der Waals surface area contributed by atoms with Gasteiger partial charge in [-0.15, -0.1) is 11.3 Å². The van der Waals surface area contributed by atoms with Crippen LogP contribution < -0.4 is 18.7 Å². The second-order valence-corrected chi connectivity index (χ2v) is 9.84. The van der Waals surface area contributed by atoms with Gasteiger partial charge in [-0.3, -0.25) is 4.90 Å². The molecule has 3 heterocycles. The highest BCUT2D eigenvalue weighted by atomic mass is 32.2. The van der Waals surface area contributed by atoms with E-state index in [4.69, 9.17) is 14.0 Å². The Morgan fingerprint density at radius 3 is 2.56 bits per heavy atom. The molecule has 12 heteroatoms. The van der Waals surface area contributed by atoms with Crippen LogP contribution in [0.25, 0.3) is 10.7 Å². The van der Waals surface area contributed by atoms with Gasteiger partial charge in [0.05, 0.1) is 30.5 Å². The predicted octanol–water partition coefficient (Wildman–Crippen LogP) is 4.15. The fourth-order valence-electron chi connectivity index (χ4n) is 3.63. The molecule has 1 aliphatic rings. The Hall–Kier alpha value is -3.90. The zero-order valence-corrected chi connectivity index (χ0v) is 19.7. The van der Waals surface area contributed by atoms with Gasteiger partial charge < -0.3 is 14.0 Å². The zero-order chi connectivity index (χ0) is 23.9. The van der Waals surface area contributed by atoms with E-state index in [-0.39, 0.29) is 34.5 Å². The van der Waals surface area contributed by atoms with Crippen molar-refractivity contribution < 1.29 is 27.2 Å². The second-order valence-electron chi connectivity index (χ2n) is 7.13. The highest BCUT2D eigenvalue weighted by molar-refractivity contribution is 7.94. The lowest BCUT2D eigenvalue weighted by molar-refractivity contribution is 0.252. The van der Waals surface area contributed by atoms with Crippen LogP contribution in [0.4, 0.5) is 16.2 Å². The van der Waals surface area contributed by atoms with E-state index < -0.39 is 16.1 Å². The van der Waals surface area contributed by atoms with Crippen LogP contribution in [0.2, 0.25) is 0 Å². The smallest absolute Gasteiger partial charge is 0.343 e. The summed E-state index contributed by atoms with van der Waals surface area (Å²) in [7, 11) is -1.31. The van der Waals surface area contributed by atoms with Gasteiger partial charge in [0.15, 0.2) is 11.5 Å². The molecule has 1 aliphatic heterocycles. The summed E-state index contributed by atoms with van der Waals surface area (Å²) >= 11 is 1.45. The van der Waals surface area contributed by atoms with E-state index in [0.717, 1.165) is 9.18 Å². The molecule has 0 spiro atoms. The first-order valence-corrected chi connectivity index (χ1v) is 12.3. The highest BCUT2D eigenvalue weighted by Gasteiger charge is 2.43. The highest BCUT2D eigenvalue weighted by Crippen LogP contribution is 2.40. The Kier molecular flexibility index (Phi) is 5.46. The summed E-state index contributed by atoms with van der Waals surface area (Å²) in [4.78, 5) is 20.1. The monoisotopic (exact) mass is 498 g/mol. The Morgan fingerprint density at radius 2 is 1.82 bits per heavy atom. The third-order valence-electron chi connectivity index (χ3n) is 5.18. The molecular formula is C22H18N4O6S2. The number of urea groups is 1. The van der Waals surface area contributed by atoms with Gasteiger partial charge >= 0.3 is 6.03 Å². The molecule has 0 aliphatic carbocycles. The van der Waals surface area contributed by atoms with Crippen LogP contribution in [-0.2, 0) is 16.6 Å². The first-order chi connectivity index (χ1) is 16.4. The summed E-state index contributed by atoms with van der Waals surface area (Å²) in [5, 5.41) is 5.87. The van der Waals surface area contributed by atoms with Crippen molar-refractivity contribution >= 4 is 38.8 Å². The van der Waals surface area contributed by atoms with Gasteiger partial charge in [0.1, 0.15) is 11.4 Å². The molecule has 10 nitrogen and oxygen atoms in total. The lowest BCUT2D eigenvalue weighted by Crippen LogP contribution is -2.50. The third kappa shape index (κ3) is 3.56. The zero-order valence-electron chi connectivity index (χ0n) is 18.0. The van der Waals surface area contributed by atoms with Crippen LogP contribution in [0.1, 0.15) is 5.89 Å². The third-order valence-corrected chi connectivity index (χ3v) is 7.80. The standard InChI is InChI=1S/C22H18N4O6S2/c1-30-16-10-9-14(12-17(16)31-2)26-22(27)25(15-6-3-4-8-19(15)34(26,28)29)13-20-23-21(24-32-20)18-7-5-11-33-18/h3-12H,13H2,1-2H3. The van der Waals surface area contributed by atoms with E-state index >= 15 is 0 Å². The number of ether oxygens (including phenoxy) is 2. The first-order valence-electron chi connectivity index (χ1n) is 9.98. The number of rotatable bonds is 6. The van der Waals surface area contributed by atoms with Crippen molar-refractivity contribution in [1.29, 1.82) is 0 Å². The first kappa shape index (κ1) is 21.9. The van der Waals surface area contributed by atoms with E-state index in [2.05, 4.69) is 10.1 Å². The second kappa shape index (κ2) is 8.47. The van der Waals surface area contributed by atoms with Crippen LogP contribution in [0.15, 0.2) is 69.4 Å². The summed E-state index contributed by atoms with van der Waals surface area (Å²) in [5.74, 6) is 1.24. The van der Waals surface area contributed by atoms with Crippen molar-refractivity contribution in [1.82, 2.24) is 10.1 Å². The SMILES string of the molecule is COc1ccc(N2C(=O)N(Cc3nc(-c4cccs4)no3)c3ccccc3S2(=O)=O)cc1OC. The van der Waals surface area contributed by atoms with Crippen LogP contribution >= 0.6 is 11.3 Å². The fraction of sp³-hybridized carbons (Fsp3) is 0.136. The predicted molar refractivity (Wildman–Crippen MR) is 125 cm³/mol. The molecule has 5 rings (SSSR count). The van der Waals surface area contributed by atoms with E-state index in [0.29, 0.717) is 11.6 Å². The minimum atomic E-state index is -4.20. The molecule has 0 unspecified atom stereocenters. The van der Waals surface area contributed by atoms with Crippen molar-refractivity contribution in [3.8, 4) is 22.2 Å². The lowest BCUT2D eigenvalue weighted by Gasteiger charge is -2.35. The van der Waals surface area contributed by atoms with Gasteiger partial charge in [-0.1, -0.05) is 23.4 Å². The molecule has 174 valence electrons. The normalized spacial score (nSPS) is 14.7. The molecule has 0 fully saturated rings. The fourth-order valence-corrected chi connectivity index (χ4v) is 5.86. The number of carbonyl (C=O) groups excluding carboxylic acids is 1. The van der Waals surface area contributed by atoms with E-state index in [1.807, 2.05) is 17.5 Å². The van der Waals surface area contributed by atoms with Crippen LogP contribution in [0.3, 0.4) is 0 Å². The number of amides is 2. The number of hydrogen-bond acceptors (Lipinski definition) is 9. The maximum Gasteiger partial charge on any atom is 0.343 e. The minimum absolute atomic E-state index is 0.0256. The molecule has 34 heavy (non-hydrogen) atoms. The van der Waals surface area contributed by atoms with Crippen molar-refractivity contribution in [3.63, 3.8) is 0 Å². The Bertz CT molecular complexity index is 1470. The number of sulfonamides is 1. The summed E-state index contributed by atoms with van der Waals surface area (Å²) < 4.78 is 43.6. The number of aromatic nitrogens is 2. The topological polar surface area (TPSA) is 115 Å². The number of thiophene rings is 1. The molecule has 0 saturated heterocycles. The Labute approximate surface area is 199 Å². The number of anilines is 2. The average molecular weight is 499 g/mol. The van der Waals surface area contributed by atoms with E-state index in [1.165, 1.54) is 54.7 Å².